The highest BCUT2D eigenvalue weighted by atomic mass is 19.1. The normalized spacial score (nSPS) is 17.7. The lowest BCUT2D eigenvalue weighted by Gasteiger charge is -2.47. The third-order valence-electron chi connectivity index (χ3n) is 6.24. The molecule has 4 aromatic rings. The number of carbonyl (C=O) groups excluding carboxylic acids is 1. The smallest absolute Gasteiger partial charge is 0.257 e. The molecule has 3 aromatic carbocycles. The third-order valence-corrected chi connectivity index (χ3v) is 6.24. The maximum atomic E-state index is 14.2. The molecule has 5 heteroatoms. The first-order valence-corrected chi connectivity index (χ1v) is 10.2. The van der Waals surface area contributed by atoms with Crippen LogP contribution in [0.5, 0.6) is 0 Å². The van der Waals surface area contributed by atoms with Gasteiger partial charge in [-0.2, -0.15) is 0 Å². The zero-order valence-corrected chi connectivity index (χ0v) is 16.5. The van der Waals surface area contributed by atoms with E-state index in [1.807, 2.05) is 48.2 Å². The van der Waals surface area contributed by atoms with Gasteiger partial charge in [-0.1, -0.05) is 35.9 Å². The van der Waals surface area contributed by atoms with Crippen molar-refractivity contribution in [2.45, 2.75) is 19.5 Å². The minimum absolute atomic E-state index is 0.0238. The zero-order valence-electron chi connectivity index (χ0n) is 16.5. The molecule has 0 saturated heterocycles. The highest BCUT2D eigenvalue weighted by Crippen LogP contribution is 2.47. The van der Waals surface area contributed by atoms with E-state index in [1.165, 1.54) is 23.1 Å². The number of H-pyrrole nitrogens is 1. The monoisotopic (exact) mass is 397 g/mol. The number of para-hydroxylation sites is 1. The Morgan fingerprint density at radius 2 is 1.90 bits per heavy atom. The second kappa shape index (κ2) is 6.20. The number of nitrogens with zero attached hydrogens (tertiary/aromatic N) is 2. The Bertz CT molecular complexity index is 1330. The summed E-state index contributed by atoms with van der Waals surface area (Å²) in [4.78, 5) is 21.0. The van der Waals surface area contributed by atoms with Crippen molar-refractivity contribution < 1.29 is 9.18 Å². The van der Waals surface area contributed by atoms with Crippen molar-refractivity contribution in [2.75, 3.05) is 11.4 Å². The topological polar surface area (TPSA) is 39.3 Å². The number of carbonyl (C=O) groups is 1. The van der Waals surface area contributed by atoms with Crippen molar-refractivity contribution in [1.29, 1.82) is 0 Å². The van der Waals surface area contributed by atoms with E-state index in [4.69, 9.17) is 0 Å². The average molecular weight is 397 g/mol. The first-order valence-electron chi connectivity index (χ1n) is 10.2. The standard InChI is InChI=1S/C25H20FN3O/c1-15-9-10-22-20(13-15)25(30)28-12-11-19-18-7-2-3-8-21(18)27-23(19)24(28)29(22)17-6-4-5-16(26)14-17/h2-10,13-14,24,27H,11-12H2,1H3. The number of benzene rings is 3. The highest BCUT2D eigenvalue weighted by Gasteiger charge is 2.43. The lowest BCUT2D eigenvalue weighted by molar-refractivity contribution is 0.0642. The molecular weight excluding hydrogens is 377 g/mol. The summed E-state index contributed by atoms with van der Waals surface area (Å²) in [5.74, 6) is -0.270. The van der Waals surface area contributed by atoms with Crippen molar-refractivity contribution in [1.82, 2.24) is 9.88 Å². The number of anilines is 2. The summed E-state index contributed by atoms with van der Waals surface area (Å²) in [6.45, 7) is 2.61. The minimum atomic E-state index is -0.342. The molecule has 2 aliphatic heterocycles. The van der Waals surface area contributed by atoms with Crippen molar-refractivity contribution in [2.24, 2.45) is 0 Å². The Hall–Kier alpha value is -3.60. The number of fused-ring (bicyclic) bond motifs is 6. The molecule has 148 valence electrons. The van der Waals surface area contributed by atoms with Gasteiger partial charge in [-0.3, -0.25) is 4.79 Å². The summed E-state index contributed by atoms with van der Waals surface area (Å²) in [7, 11) is 0. The molecule has 0 saturated carbocycles. The van der Waals surface area contributed by atoms with E-state index < -0.39 is 0 Å². The number of aromatic amines is 1. The predicted octanol–water partition coefficient (Wildman–Crippen LogP) is 5.46. The van der Waals surface area contributed by atoms with Crippen molar-refractivity contribution >= 4 is 28.2 Å². The van der Waals surface area contributed by atoms with E-state index in [0.29, 0.717) is 12.1 Å². The fraction of sp³-hybridized carbons (Fsp3) is 0.160. The van der Waals surface area contributed by atoms with Crippen LogP contribution in [-0.2, 0) is 6.42 Å². The zero-order chi connectivity index (χ0) is 20.4. The number of hydrogen-bond donors (Lipinski definition) is 1. The Kier molecular flexibility index (Phi) is 3.57. The third kappa shape index (κ3) is 2.35. The first kappa shape index (κ1) is 17.3. The van der Waals surface area contributed by atoms with Crippen LogP contribution in [0.25, 0.3) is 10.9 Å². The highest BCUT2D eigenvalue weighted by molar-refractivity contribution is 6.04. The Morgan fingerprint density at radius 3 is 2.77 bits per heavy atom. The van der Waals surface area contributed by atoms with Gasteiger partial charge < -0.3 is 14.8 Å². The van der Waals surface area contributed by atoms with Crippen LogP contribution in [0.2, 0.25) is 0 Å². The van der Waals surface area contributed by atoms with Gasteiger partial charge >= 0.3 is 0 Å². The van der Waals surface area contributed by atoms with E-state index in [0.717, 1.165) is 34.6 Å². The van der Waals surface area contributed by atoms with E-state index in [9.17, 15) is 9.18 Å². The van der Waals surface area contributed by atoms with E-state index in [2.05, 4.69) is 22.0 Å². The molecule has 0 fully saturated rings. The van der Waals surface area contributed by atoms with Gasteiger partial charge in [0.25, 0.3) is 5.91 Å². The van der Waals surface area contributed by atoms with Crippen LogP contribution in [-0.4, -0.2) is 22.3 Å². The quantitative estimate of drug-likeness (QED) is 0.463. The lowest BCUT2D eigenvalue weighted by Crippen LogP contribution is -2.50. The number of halogens is 1. The molecule has 4 nitrogen and oxygen atoms in total. The van der Waals surface area contributed by atoms with Gasteiger partial charge in [0.05, 0.1) is 16.9 Å². The van der Waals surface area contributed by atoms with Gasteiger partial charge in [-0.25, -0.2) is 4.39 Å². The van der Waals surface area contributed by atoms with Gasteiger partial charge in [-0.15, -0.1) is 0 Å². The van der Waals surface area contributed by atoms with Crippen LogP contribution in [0.15, 0.2) is 66.7 Å². The number of aryl methyl sites for hydroxylation is 1. The van der Waals surface area contributed by atoms with Crippen molar-refractivity contribution in [3.63, 3.8) is 0 Å². The molecule has 2 aliphatic rings. The molecule has 1 N–H and O–H groups in total. The van der Waals surface area contributed by atoms with Crippen LogP contribution in [0.1, 0.15) is 33.3 Å². The second-order valence-corrected chi connectivity index (χ2v) is 8.06. The molecule has 0 radical (unpaired) electrons. The van der Waals surface area contributed by atoms with Crippen LogP contribution in [0.3, 0.4) is 0 Å². The number of amides is 1. The van der Waals surface area contributed by atoms with Gasteiger partial charge in [0.15, 0.2) is 6.17 Å². The van der Waals surface area contributed by atoms with Gasteiger partial charge in [0, 0.05) is 23.1 Å². The van der Waals surface area contributed by atoms with Crippen LogP contribution < -0.4 is 4.90 Å². The fourth-order valence-corrected chi connectivity index (χ4v) is 4.93. The SMILES string of the molecule is Cc1ccc2c(c1)C(=O)N1CCc3c([nH]c4ccccc34)C1N2c1cccc(F)c1. The lowest BCUT2D eigenvalue weighted by atomic mass is 9.94. The summed E-state index contributed by atoms with van der Waals surface area (Å²) < 4.78 is 14.2. The Labute approximate surface area is 173 Å². The Balaban J connectivity index is 1.65. The predicted molar refractivity (Wildman–Crippen MR) is 115 cm³/mol. The van der Waals surface area contributed by atoms with Crippen molar-refractivity contribution in [3.8, 4) is 0 Å². The molecule has 1 amide bonds. The Morgan fingerprint density at radius 1 is 1.03 bits per heavy atom. The fourth-order valence-electron chi connectivity index (χ4n) is 4.93. The van der Waals surface area contributed by atoms with Crippen LogP contribution in [0, 0.1) is 12.7 Å². The van der Waals surface area contributed by atoms with Crippen LogP contribution >= 0.6 is 0 Å². The maximum absolute atomic E-state index is 14.2. The summed E-state index contributed by atoms with van der Waals surface area (Å²) >= 11 is 0. The molecule has 0 bridgehead atoms. The number of aromatic nitrogens is 1. The molecular formula is C25H20FN3O. The molecule has 3 heterocycles. The number of rotatable bonds is 1. The van der Waals surface area contributed by atoms with E-state index in [1.54, 1.807) is 6.07 Å². The number of nitrogens with one attached hydrogen (secondary N) is 1. The molecule has 1 atom stereocenters. The number of hydrogen-bond acceptors (Lipinski definition) is 2. The molecule has 30 heavy (non-hydrogen) atoms. The molecule has 1 unspecified atom stereocenters. The molecule has 6 rings (SSSR count). The molecule has 0 aliphatic carbocycles. The van der Waals surface area contributed by atoms with Gasteiger partial charge in [-0.05, 0) is 55.3 Å². The van der Waals surface area contributed by atoms with Crippen LogP contribution in [0.4, 0.5) is 15.8 Å². The summed E-state index contributed by atoms with van der Waals surface area (Å²) in [6.07, 6.45) is 0.449. The summed E-state index contributed by atoms with van der Waals surface area (Å²) in [6, 6.07) is 20.7. The maximum Gasteiger partial charge on any atom is 0.257 e. The second-order valence-electron chi connectivity index (χ2n) is 8.06. The average Bonchev–Trinajstić information content (AvgIpc) is 3.13. The van der Waals surface area contributed by atoms with Gasteiger partial charge in [0.2, 0.25) is 0 Å². The largest absolute Gasteiger partial charge is 0.355 e. The molecule has 1 aromatic heterocycles. The molecule has 0 spiro atoms. The summed E-state index contributed by atoms with van der Waals surface area (Å²) in [5, 5.41) is 1.19. The van der Waals surface area contributed by atoms with Crippen molar-refractivity contribution in [3.05, 3.63) is 94.9 Å². The minimum Gasteiger partial charge on any atom is -0.355 e. The summed E-state index contributed by atoms with van der Waals surface area (Å²) in [5.41, 5.74) is 6.53. The first-order chi connectivity index (χ1) is 14.6. The van der Waals surface area contributed by atoms with E-state index in [-0.39, 0.29) is 17.9 Å². The van der Waals surface area contributed by atoms with E-state index >= 15 is 0 Å². The van der Waals surface area contributed by atoms with Gasteiger partial charge in [0.1, 0.15) is 5.82 Å².